The molecule has 0 bridgehead atoms. The van der Waals surface area contributed by atoms with Gasteiger partial charge in [0, 0.05) is 24.8 Å². The summed E-state index contributed by atoms with van der Waals surface area (Å²) >= 11 is 0. The molecule has 1 aliphatic heterocycles. The van der Waals surface area contributed by atoms with Crippen LogP contribution in [0.3, 0.4) is 0 Å². The average molecular weight is 258 g/mol. The molecule has 0 amide bonds. The predicted octanol–water partition coefficient (Wildman–Crippen LogP) is 1.71. The first-order valence-corrected chi connectivity index (χ1v) is 6.60. The van der Waals surface area contributed by atoms with Gasteiger partial charge in [0.25, 0.3) is 0 Å². The van der Waals surface area contributed by atoms with Crippen LogP contribution in [-0.2, 0) is 0 Å². The minimum absolute atomic E-state index is 0.551. The minimum atomic E-state index is 0.551. The van der Waals surface area contributed by atoms with Crippen LogP contribution in [0.1, 0.15) is 12.8 Å². The number of aromatic amines is 1. The van der Waals surface area contributed by atoms with Crippen molar-refractivity contribution in [1.29, 1.82) is 0 Å². The Bertz CT molecular complexity index is 504. The fraction of sp³-hybridized carbons (Fsp3) is 0.385. The molecular formula is C13H18N6. The second-order valence-electron chi connectivity index (χ2n) is 4.67. The van der Waals surface area contributed by atoms with E-state index in [1.165, 1.54) is 12.8 Å². The van der Waals surface area contributed by atoms with Crippen molar-refractivity contribution < 1.29 is 0 Å². The third-order valence-corrected chi connectivity index (χ3v) is 3.22. The van der Waals surface area contributed by atoms with E-state index in [-0.39, 0.29) is 0 Å². The van der Waals surface area contributed by atoms with E-state index in [9.17, 15) is 0 Å². The molecule has 0 aliphatic carbocycles. The quantitative estimate of drug-likeness (QED) is 0.657. The van der Waals surface area contributed by atoms with E-state index >= 15 is 0 Å². The molecule has 0 spiro atoms. The van der Waals surface area contributed by atoms with Gasteiger partial charge in [-0.05, 0) is 31.5 Å². The van der Waals surface area contributed by atoms with Crippen LogP contribution in [0.2, 0.25) is 0 Å². The van der Waals surface area contributed by atoms with E-state index in [0.717, 1.165) is 30.5 Å². The van der Waals surface area contributed by atoms with Crippen LogP contribution in [0.15, 0.2) is 30.7 Å². The molecule has 19 heavy (non-hydrogen) atoms. The Kier molecular flexibility index (Phi) is 3.60. The van der Waals surface area contributed by atoms with E-state index in [4.69, 9.17) is 0 Å². The Hall–Kier alpha value is -2.08. The highest BCUT2D eigenvalue weighted by Gasteiger charge is 2.13. The Labute approximate surface area is 112 Å². The number of nitrogens with one attached hydrogen (secondary N) is 4. The van der Waals surface area contributed by atoms with Gasteiger partial charge in [-0.2, -0.15) is 0 Å². The predicted molar refractivity (Wildman–Crippen MR) is 75.6 cm³/mol. The summed E-state index contributed by atoms with van der Waals surface area (Å²) in [6.07, 6.45) is 5.92. The first-order chi connectivity index (χ1) is 9.40. The van der Waals surface area contributed by atoms with E-state index in [0.29, 0.717) is 6.04 Å². The van der Waals surface area contributed by atoms with Crippen LogP contribution in [0.25, 0.3) is 0 Å². The molecule has 100 valence electrons. The summed E-state index contributed by atoms with van der Waals surface area (Å²) in [6.45, 7) is 2.02. The highest BCUT2D eigenvalue weighted by atomic mass is 15.1. The number of hydrogen-bond acceptors (Lipinski definition) is 5. The fourth-order valence-corrected chi connectivity index (χ4v) is 2.23. The number of rotatable bonds is 5. The first kappa shape index (κ1) is 12.0. The average Bonchev–Trinajstić information content (AvgIpc) is 3.10. The van der Waals surface area contributed by atoms with Crippen LogP contribution >= 0.6 is 0 Å². The van der Waals surface area contributed by atoms with E-state index in [2.05, 4.69) is 30.9 Å². The third-order valence-electron chi connectivity index (χ3n) is 3.22. The lowest BCUT2D eigenvalue weighted by molar-refractivity contribution is 0.632. The summed E-state index contributed by atoms with van der Waals surface area (Å²) in [5.74, 6) is 2.54. The van der Waals surface area contributed by atoms with Gasteiger partial charge in [-0.25, -0.2) is 9.97 Å². The minimum Gasteiger partial charge on any atom is -0.368 e. The highest BCUT2D eigenvalue weighted by Crippen LogP contribution is 2.14. The zero-order valence-corrected chi connectivity index (χ0v) is 10.7. The molecule has 3 heterocycles. The number of nitrogens with zero attached hydrogens (tertiary/aromatic N) is 2. The SMILES string of the molecule is c1c[nH]c(Nc2cc(NCC3CCCN3)ncn2)c1. The van der Waals surface area contributed by atoms with Crippen molar-refractivity contribution in [3.05, 3.63) is 30.7 Å². The van der Waals surface area contributed by atoms with E-state index in [1.54, 1.807) is 6.33 Å². The Morgan fingerprint density at radius 1 is 1.32 bits per heavy atom. The molecule has 1 unspecified atom stereocenters. The van der Waals surface area contributed by atoms with Gasteiger partial charge in [-0.3, -0.25) is 0 Å². The summed E-state index contributed by atoms with van der Waals surface area (Å²) in [5.41, 5.74) is 0. The number of hydrogen-bond donors (Lipinski definition) is 4. The van der Waals surface area contributed by atoms with Gasteiger partial charge in [0.1, 0.15) is 23.8 Å². The van der Waals surface area contributed by atoms with Crippen LogP contribution < -0.4 is 16.0 Å². The van der Waals surface area contributed by atoms with E-state index in [1.807, 2.05) is 24.4 Å². The summed E-state index contributed by atoms with van der Waals surface area (Å²) in [6, 6.07) is 6.36. The van der Waals surface area contributed by atoms with Crippen LogP contribution in [0.4, 0.5) is 17.5 Å². The zero-order chi connectivity index (χ0) is 12.9. The van der Waals surface area contributed by atoms with Gasteiger partial charge in [0.15, 0.2) is 0 Å². The van der Waals surface area contributed by atoms with Crippen molar-refractivity contribution in [3.8, 4) is 0 Å². The normalized spacial score (nSPS) is 18.4. The Morgan fingerprint density at radius 3 is 3.05 bits per heavy atom. The second kappa shape index (κ2) is 5.71. The van der Waals surface area contributed by atoms with Crippen LogP contribution in [0.5, 0.6) is 0 Å². The molecule has 0 radical (unpaired) electrons. The summed E-state index contributed by atoms with van der Waals surface area (Å²) < 4.78 is 0. The molecule has 0 saturated carbocycles. The molecule has 6 heteroatoms. The van der Waals surface area contributed by atoms with Crippen molar-refractivity contribution in [3.63, 3.8) is 0 Å². The van der Waals surface area contributed by atoms with Crippen LogP contribution in [-0.4, -0.2) is 34.1 Å². The van der Waals surface area contributed by atoms with Crippen molar-refractivity contribution in [2.24, 2.45) is 0 Å². The van der Waals surface area contributed by atoms with Gasteiger partial charge in [0.05, 0.1) is 0 Å². The van der Waals surface area contributed by atoms with E-state index < -0.39 is 0 Å². The molecule has 3 rings (SSSR count). The highest BCUT2D eigenvalue weighted by molar-refractivity contribution is 5.55. The molecule has 2 aromatic rings. The van der Waals surface area contributed by atoms with Crippen LogP contribution in [0, 0.1) is 0 Å². The molecular weight excluding hydrogens is 240 g/mol. The van der Waals surface area contributed by atoms with Crippen molar-refractivity contribution >= 4 is 17.5 Å². The second-order valence-corrected chi connectivity index (χ2v) is 4.67. The molecule has 4 N–H and O–H groups in total. The number of anilines is 3. The molecule has 6 nitrogen and oxygen atoms in total. The molecule has 0 aromatic carbocycles. The van der Waals surface area contributed by atoms with Crippen molar-refractivity contribution in [2.45, 2.75) is 18.9 Å². The van der Waals surface area contributed by atoms with Gasteiger partial charge < -0.3 is 20.9 Å². The van der Waals surface area contributed by atoms with Gasteiger partial charge >= 0.3 is 0 Å². The first-order valence-electron chi connectivity index (χ1n) is 6.60. The summed E-state index contributed by atoms with van der Waals surface area (Å²) in [7, 11) is 0. The van der Waals surface area contributed by atoms with Gasteiger partial charge in [-0.15, -0.1) is 0 Å². The standard InChI is InChI=1S/C13H18N6/c1-3-10(14-5-1)8-16-12-7-13(18-9-17-12)19-11-4-2-6-15-11/h2,4,6-7,9-10,14-15H,1,3,5,8H2,(H2,16,17,18,19). The van der Waals surface area contributed by atoms with Gasteiger partial charge in [-0.1, -0.05) is 0 Å². The lowest BCUT2D eigenvalue weighted by Crippen LogP contribution is -2.29. The summed E-state index contributed by atoms with van der Waals surface area (Å²) in [5, 5.41) is 9.98. The maximum Gasteiger partial charge on any atom is 0.136 e. The molecule has 1 saturated heterocycles. The van der Waals surface area contributed by atoms with Crippen molar-refractivity contribution in [2.75, 3.05) is 23.7 Å². The molecule has 1 atom stereocenters. The topological polar surface area (TPSA) is 77.7 Å². The monoisotopic (exact) mass is 258 g/mol. The Morgan fingerprint density at radius 2 is 2.26 bits per heavy atom. The number of aromatic nitrogens is 3. The molecule has 1 fully saturated rings. The van der Waals surface area contributed by atoms with Crippen molar-refractivity contribution in [1.82, 2.24) is 20.3 Å². The zero-order valence-electron chi connectivity index (χ0n) is 10.7. The largest absolute Gasteiger partial charge is 0.368 e. The Balaban J connectivity index is 1.59. The summed E-state index contributed by atoms with van der Waals surface area (Å²) in [4.78, 5) is 11.5. The fourth-order valence-electron chi connectivity index (χ4n) is 2.23. The molecule has 2 aromatic heterocycles. The lowest BCUT2D eigenvalue weighted by Gasteiger charge is -2.12. The lowest BCUT2D eigenvalue weighted by atomic mass is 10.2. The maximum absolute atomic E-state index is 4.23. The maximum atomic E-state index is 4.23. The third kappa shape index (κ3) is 3.23. The van der Waals surface area contributed by atoms with Gasteiger partial charge in [0.2, 0.25) is 0 Å². The molecule has 1 aliphatic rings. The number of H-pyrrole nitrogens is 1. The smallest absolute Gasteiger partial charge is 0.136 e.